The van der Waals surface area contributed by atoms with Gasteiger partial charge in [-0.1, -0.05) is 53.2 Å². The summed E-state index contributed by atoms with van der Waals surface area (Å²) in [6.07, 6.45) is 12.0. The first kappa shape index (κ1) is 27.3. The zero-order valence-corrected chi connectivity index (χ0v) is 25.0. The number of nitriles is 1. The number of hydrogen-bond acceptors (Lipinski definition) is 4. The molecule has 1 amide bonds. The fraction of sp³-hybridized carbons (Fsp3) is 0.794. The number of nitrogens with zero attached hydrogens (tertiary/aromatic N) is 2. The van der Waals surface area contributed by atoms with E-state index in [2.05, 4.69) is 52.5 Å². The molecule has 1 aliphatic heterocycles. The van der Waals surface area contributed by atoms with Crippen molar-refractivity contribution in [2.45, 2.75) is 105 Å². The average molecular weight is 533 g/mol. The normalized spacial score (nSPS) is 48.5. The minimum Gasteiger partial charge on any atom is -0.387 e. The van der Waals surface area contributed by atoms with Crippen molar-refractivity contribution in [1.82, 2.24) is 4.90 Å². The van der Waals surface area contributed by atoms with Crippen molar-refractivity contribution in [3.8, 4) is 6.07 Å². The summed E-state index contributed by atoms with van der Waals surface area (Å²) < 4.78 is 0. The van der Waals surface area contributed by atoms with E-state index in [9.17, 15) is 20.0 Å². The summed E-state index contributed by atoms with van der Waals surface area (Å²) in [6, 6.07) is 2.27. The number of aliphatic hydroxyl groups is 1. The number of carbonyl (C=O) groups is 2. The molecule has 9 atom stereocenters. The van der Waals surface area contributed by atoms with Gasteiger partial charge in [-0.2, -0.15) is 5.26 Å². The lowest BCUT2D eigenvalue weighted by Crippen LogP contribution is -2.66. The highest BCUT2D eigenvalue weighted by molar-refractivity contribution is 5.97. The molecule has 1 saturated heterocycles. The molecule has 5 heteroatoms. The number of allylic oxidation sites excluding steroid dienone is 3. The third-order valence-electron chi connectivity index (χ3n) is 13.5. The number of ketones is 1. The molecule has 1 heterocycles. The van der Waals surface area contributed by atoms with Crippen molar-refractivity contribution in [3.05, 3.63) is 23.3 Å². The highest BCUT2D eigenvalue weighted by Gasteiger charge is 2.70. The first-order valence-corrected chi connectivity index (χ1v) is 15.6. The van der Waals surface area contributed by atoms with E-state index in [1.165, 1.54) is 5.57 Å². The lowest BCUT2D eigenvalue weighted by molar-refractivity contribution is -0.183. The van der Waals surface area contributed by atoms with Crippen LogP contribution in [0.15, 0.2) is 23.3 Å². The number of rotatable bonds is 1. The van der Waals surface area contributed by atoms with Crippen LogP contribution in [-0.4, -0.2) is 40.9 Å². The molecule has 9 unspecified atom stereocenters. The average Bonchev–Trinajstić information content (AvgIpc) is 3.42. The Morgan fingerprint density at radius 2 is 1.69 bits per heavy atom. The molecule has 0 aromatic heterocycles. The minimum absolute atomic E-state index is 0.0306. The van der Waals surface area contributed by atoms with Crippen LogP contribution < -0.4 is 0 Å². The van der Waals surface area contributed by atoms with Crippen LogP contribution >= 0.6 is 0 Å². The second-order valence-electron chi connectivity index (χ2n) is 15.8. The molecule has 5 nitrogen and oxygen atoms in total. The Morgan fingerprint density at radius 1 is 1.03 bits per heavy atom. The van der Waals surface area contributed by atoms with Crippen molar-refractivity contribution in [3.63, 3.8) is 0 Å². The molecule has 0 spiro atoms. The Balaban J connectivity index is 1.49. The van der Waals surface area contributed by atoms with Crippen LogP contribution in [0, 0.1) is 62.1 Å². The van der Waals surface area contributed by atoms with Crippen LogP contribution in [0.4, 0.5) is 0 Å². The summed E-state index contributed by atoms with van der Waals surface area (Å²) in [6.45, 7) is 15.4. The van der Waals surface area contributed by atoms with E-state index in [1.54, 1.807) is 0 Å². The summed E-state index contributed by atoms with van der Waals surface area (Å²) in [5.74, 6) is 0.624. The maximum atomic E-state index is 14.6. The summed E-state index contributed by atoms with van der Waals surface area (Å²) in [5.41, 5.74) is 0.460. The van der Waals surface area contributed by atoms with Crippen LogP contribution in [0.2, 0.25) is 0 Å². The van der Waals surface area contributed by atoms with Crippen LogP contribution in [0.3, 0.4) is 0 Å². The van der Waals surface area contributed by atoms with E-state index in [4.69, 9.17) is 0 Å². The molecule has 5 aliphatic carbocycles. The van der Waals surface area contributed by atoms with Gasteiger partial charge in [-0.25, -0.2) is 0 Å². The maximum absolute atomic E-state index is 14.6. The van der Waals surface area contributed by atoms with Gasteiger partial charge in [0.05, 0.1) is 23.2 Å². The van der Waals surface area contributed by atoms with Gasteiger partial charge in [-0.15, -0.1) is 0 Å². The van der Waals surface area contributed by atoms with E-state index < -0.39 is 16.9 Å². The fourth-order valence-corrected chi connectivity index (χ4v) is 11.0. The number of fused-ring (bicyclic) bond motifs is 7. The third kappa shape index (κ3) is 3.46. The van der Waals surface area contributed by atoms with Crippen molar-refractivity contribution < 1.29 is 14.7 Å². The fourth-order valence-electron chi connectivity index (χ4n) is 11.0. The van der Waals surface area contributed by atoms with Gasteiger partial charge in [0.1, 0.15) is 0 Å². The molecule has 3 saturated carbocycles. The molecule has 6 aliphatic rings. The van der Waals surface area contributed by atoms with Crippen LogP contribution in [0.1, 0.15) is 99.3 Å². The number of likely N-dealkylation sites (tertiary alicyclic amines) is 1. The summed E-state index contributed by atoms with van der Waals surface area (Å²) in [5, 5.41) is 20.8. The van der Waals surface area contributed by atoms with E-state index in [0.29, 0.717) is 11.5 Å². The van der Waals surface area contributed by atoms with E-state index in [-0.39, 0.29) is 45.7 Å². The lowest BCUT2D eigenvalue weighted by Gasteiger charge is -2.68. The highest BCUT2D eigenvalue weighted by atomic mass is 16.3. The highest BCUT2D eigenvalue weighted by Crippen LogP contribution is 2.74. The monoisotopic (exact) mass is 532 g/mol. The molecule has 0 aromatic carbocycles. The summed E-state index contributed by atoms with van der Waals surface area (Å²) in [7, 11) is 0. The molecular weight excluding hydrogens is 484 g/mol. The summed E-state index contributed by atoms with van der Waals surface area (Å²) in [4.78, 5) is 31.0. The zero-order chi connectivity index (χ0) is 28.2. The van der Waals surface area contributed by atoms with Crippen molar-refractivity contribution in [2.24, 2.45) is 50.7 Å². The van der Waals surface area contributed by atoms with Gasteiger partial charge in [-0.3, -0.25) is 9.59 Å². The number of aliphatic hydroxyl groups excluding tert-OH is 1. The lowest BCUT2D eigenvalue weighted by atomic mass is 9.34. The second-order valence-corrected chi connectivity index (χ2v) is 15.8. The van der Waals surface area contributed by atoms with Gasteiger partial charge >= 0.3 is 0 Å². The van der Waals surface area contributed by atoms with Gasteiger partial charge < -0.3 is 10.0 Å². The van der Waals surface area contributed by atoms with Gasteiger partial charge in [-0.05, 0) is 97.9 Å². The van der Waals surface area contributed by atoms with E-state index in [1.807, 2.05) is 12.2 Å². The topological polar surface area (TPSA) is 81.4 Å². The van der Waals surface area contributed by atoms with E-state index in [0.717, 1.165) is 70.9 Å². The van der Waals surface area contributed by atoms with Crippen LogP contribution in [-0.2, 0) is 9.59 Å². The first-order valence-electron chi connectivity index (χ1n) is 15.6. The van der Waals surface area contributed by atoms with Crippen LogP contribution in [0.25, 0.3) is 0 Å². The molecule has 212 valence electrons. The number of hydrogen-bond donors (Lipinski definition) is 1. The molecule has 4 fully saturated rings. The zero-order valence-electron chi connectivity index (χ0n) is 25.0. The van der Waals surface area contributed by atoms with Crippen molar-refractivity contribution in [2.75, 3.05) is 13.1 Å². The SMILES string of the molecule is CC1C(O)C(C#N)=CC2(C)C3=CC(=O)C4C5CC(C)(C)CCC5(C(=O)N5CCCC5)CCC4(C)C3(C)CCC12. The largest absolute Gasteiger partial charge is 0.387 e. The Hall–Kier alpha value is -1.93. The Bertz CT molecular complexity index is 1200. The number of carbonyl (C=O) groups excluding carboxylic acids is 2. The number of amides is 1. The smallest absolute Gasteiger partial charge is 0.229 e. The van der Waals surface area contributed by atoms with Crippen molar-refractivity contribution in [1.29, 1.82) is 5.26 Å². The molecule has 0 aromatic rings. The van der Waals surface area contributed by atoms with Gasteiger partial charge in [0.15, 0.2) is 5.78 Å². The molecule has 1 N–H and O–H groups in total. The van der Waals surface area contributed by atoms with Gasteiger partial charge in [0, 0.05) is 24.4 Å². The Labute approximate surface area is 235 Å². The van der Waals surface area contributed by atoms with Crippen LogP contribution in [0.5, 0.6) is 0 Å². The molecule has 0 bridgehead atoms. The third-order valence-corrected chi connectivity index (χ3v) is 13.5. The quantitative estimate of drug-likeness (QED) is 0.434. The second kappa shape index (κ2) is 8.54. The predicted molar refractivity (Wildman–Crippen MR) is 151 cm³/mol. The standard InChI is InChI=1S/C34H48N2O3/c1-21-23-9-10-32(5)26(31(23,4)18-22(20-35)28(21)38)17-25(37)27-24-19-30(2,3)11-13-34(24,14-12-33(27,32)6)29(39)36-15-7-8-16-36/h17-18,21,23-24,27-28,38H,7-16,19H2,1-6H3. The molecule has 6 rings (SSSR count). The molecular formula is C34H48N2O3. The summed E-state index contributed by atoms with van der Waals surface area (Å²) >= 11 is 0. The predicted octanol–water partition coefficient (Wildman–Crippen LogP) is 6.23. The molecule has 39 heavy (non-hydrogen) atoms. The van der Waals surface area contributed by atoms with Crippen molar-refractivity contribution >= 4 is 11.7 Å². The van der Waals surface area contributed by atoms with Gasteiger partial charge in [0.25, 0.3) is 0 Å². The minimum atomic E-state index is -0.739. The van der Waals surface area contributed by atoms with Gasteiger partial charge in [0.2, 0.25) is 5.91 Å². The Morgan fingerprint density at radius 3 is 2.36 bits per heavy atom. The molecule has 0 radical (unpaired) electrons. The van der Waals surface area contributed by atoms with E-state index >= 15 is 0 Å². The Kier molecular flexibility index (Phi) is 5.97. The first-order chi connectivity index (χ1) is 18.2. The maximum Gasteiger partial charge on any atom is 0.229 e.